The largest absolute Gasteiger partial charge is 0.354 e. The topological polar surface area (TPSA) is 71.2 Å². The summed E-state index contributed by atoms with van der Waals surface area (Å²) in [5.41, 5.74) is 0. The van der Waals surface area contributed by atoms with Gasteiger partial charge in [0.15, 0.2) is 11.6 Å². The zero-order chi connectivity index (χ0) is 15.6. The van der Waals surface area contributed by atoms with E-state index < -0.39 is 0 Å². The molecule has 23 heavy (non-hydrogen) atoms. The van der Waals surface area contributed by atoms with Crippen LogP contribution in [-0.2, 0) is 6.54 Å². The Morgan fingerprint density at radius 2 is 2.13 bits per heavy atom. The molecule has 0 spiro atoms. The van der Waals surface area contributed by atoms with Crippen LogP contribution in [0, 0.1) is 0 Å². The highest BCUT2D eigenvalue weighted by Gasteiger charge is 2.30. The highest BCUT2D eigenvalue weighted by molar-refractivity contribution is 6.32. The normalized spacial score (nSPS) is 19.8. The highest BCUT2D eigenvalue weighted by atomic mass is 35.5. The SMILES string of the molecule is Clc1cncnc1N1CCCN(Cc2noc(C3CC3)n2)CC1. The summed E-state index contributed by atoms with van der Waals surface area (Å²) in [6.45, 7) is 4.48. The lowest BCUT2D eigenvalue weighted by Gasteiger charge is -2.22. The molecule has 0 atom stereocenters. The summed E-state index contributed by atoms with van der Waals surface area (Å²) >= 11 is 6.20. The smallest absolute Gasteiger partial charge is 0.229 e. The predicted octanol–water partition coefficient (Wildman–Crippen LogP) is 2.10. The summed E-state index contributed by atoms with van der Waals surface area (Å²) < 4.78 is 5.33. The molecule has 122 valence electrons. The Bertz CT molecular complexity index is 673. The van der Waals surface area contributed by atoms with E-state index in [1.54, 1.807) is 12.5 Å². The van der Waals surface area contributed by atoms with E-state index in [-0.39, 0.29) is 0 Å². The van der Waals surface area contributed by atoms with Gasteiger partial charge in [0, 0.05) is 32.1 Å². The summed E-state index contributed by atoms with van der Waals surface area (Å²) in [6.07, 6.45) is 6.60. The van der Waals surface area contributed by atoms with E-state index in [0.717, 1.165) is 56.7 Å². The molecule has 1 saturated carbocycles. The van der Waals surface area contributed by atoms with Gasteiger partial charge in [0.05, 0.1) is 12.7 Å². The fourth-order valence-corrected chi connectivity index (χ4v) is 3.13. The molecular weight excluding hydrogens is 316 g/mol. The first-order valence-electron chi connectivity index (χ1n) is 8.05. The summed E-state index contributed by atoms with van der Waals surface area (Å²) in [4.78, 5) is 17.3. The van der Waals surface area contributed by atoms with Crippen LogP contribution in [0.15, 0.2) is 17.0 Å². The van der Waals surface area contributed by atoms with Crippen LogP contribution in [0.25, 0.3) is 0 Å². The number of anilines is 1. The lowest BCUT2D eigenvalue weighted by molar-refractivity contribution is 0.271. The summed E-state index contributed by atoms with van der Waals surface area (Å²) in [7, 11) is 0. The maximum Gasteiger partial charge on any atom is 0.229 e. The van der Waals surface area contributed by atoms with Gasteiger partial charge in [0.1, 0.15) is 11.3 Å². The predicted molar refractivity (Wildman–Crippen MR) is 85.4 cm³/mol. The molecule has 0 unspecified atom stereocenters. The molecule has 0 aromatic carbocycles. The third-order valence-corrected chi connectivity index (χ3v) is 4.58. The second-order valence-corrected chi connectivity index (χ2v) is 6.54. The maximum absolute atomic E-state index is 6.20. The fourth-order valence-electron chi connectivity index (χ4n) is 2.91. The van der Waals surface area contributed by atoms with Crippen LogP contribution in [0.4, 0.5) is 5.82 Å². The zero-order valence-electron chi connectivity index (χ0n) is 12.9. The molecule has 4 rings (SSSR count). The lowest BCUT2D eigenvalue weighted by Crippen LogP contribution is -2.31. The average molecular weight is 335 g/mol. The van der Waals surface area contributed by atoms with Gasteiger partial charge >= 0.3 is 0 Å². The van der Waals surface area contributed by atoms with Crippen molar-refractivity contribution in [3.63, 3.8) is 0 Å². The van der Waals surface area contributed by atoms with Crippen molar-refractivity contribution in [2.45, 2.75) is 31.7 Å². The number of rotatable bonds is 4. The second-order valence-electron chi connectivity index (χ2n) is 6.13. The zero-order valence-corrected chi connectivity index (χ0v) is 13.6. The molecule has 0 radical (unpaired) electrons. The van der Waals surface area contributed by atoms with Crippen LogP contribution in [0.1, 0.15) is 36.9 Å². The molecule has 3 heterocycles. The molecule has 2 aliphatic rings. The minimum atomic E-state index is 0.510. The first-order chi connectivity index (χ1) is 11.3. The Labute approximate surface area is 139 Å². The Kier molecular flexibility index (Phi) is 4.13. The molecule has 1 aliphatic heterocycles. The number of hydrogen-bond donors (Lipinski definition) is 0. The Balaban J connectivity index is 1.37. The van der Waals surface area contributed by atoms with Crippen molar-refractivity contribution in [2.24, 2.45) is 0 Å². The second kappa shape index (κ2) is 6.41. The van der Waals surface area contributed by atoms with E-state index in [9.17, 15) is 0 Å². The van der Waals surface area contributed by atoms with Crippen molar-refractivity contribution >= 4 is 17.4 Å². The first kappa shape index (κ1) is 14.8. The average Bonchev–Trinajstić information content (AvgIpc) is 3.34. The van der Waals surface area contributed by atoms with Gasteiger partial charge in [-0.3, -0.25) is 4.90 Å². The van der Waals surface area contributed by atoms with Crippen LogP contribution in [-0.4, -0.2) is 51.2 Å². The standard InChI is InChI=1S/C15H19ClN6O/c16-12-8-17-10-18-14(12)22-5-1-4-21(6-7-22)9-13-19-15(23-20-13)11-2-3-11/h8,10-11H,1-7,9H2. The quantitative estimate of drug-likeness (QED) is 0.847. The number of halogens is 1. The van der Waals surface area contributed by atoms with Gasteiger partial charge in [-0.25, -0.2) is 9.97 Å². The third-order valence-electron chi connectivity index (χ3n) is 4.31. The number of nitrogens with zero attached hydrogens (tertiary/aromatic N) is 6. The number of hydrogen-bond acceptors (Lipinski definition) is 7. The minimum absolute atomic E-state index is 0.510. The molecule has 1 saturated heterocycles. The fraction of sp³-hybridized carbons (Fsp3) is 0.600. The number of aromatic nitrogens is 4. The Morgan fingerprint density at radius 3 is 2.96 bits per heavy atom. The molecule has 1 aliphatic carbocycles. The van der Waals surface area contributed by atoms with Gasteiger partial charge in [-0.1, -0.05) is 16.8 Å². The van der Waals surface area contributed by atoms with E-state index in [4.69, 9.17) is 16.1 Å². The van der Waals surface area contributed by atoms with Crippen LogP contribution < -0.4 is 4.90 Å². The molecule has 7 nitrogen and oxygen atoms in total. The Morgan fingerprint density at radius 1 is 1.22 bits per heavy atom. The van der Waals surface area contributed by atoms with Crippen molar-refractivity contribution in [2.75, 3.05) is 31.1 Å². The van der Waals surface area contributed by atoms with E-state index in [0.29, 0.717) is 10.9 Å². The van der Waals surface area contributed by atoms with E-state index >= 15 is 0 Å². The molecular formula is C15H19ClN6O. The highest BCUT2D eigenvalue weighted by Crippen LogP contribution is 2.38. The molecule has 0 amide bonds. The van der Waals surface area contributed by atoms with Gasteiger partial charge in [-0.05, 0) is 19.3 Å². The summed E-state index contributed by atoms with van der Waals surface area (Å²) in [5, 5.41) is 4.72. The summed E-state index contributed by atoms with van der Waals surface area (Å²) in [5.74, 6) is 2.93. The monoisotopic (exact) mass is 334 g/mol. The molecule has 8 heteroatoms. The maximum atomic E-state index is 6.20. The molecule has 2 aromatic rings. The van der Waals surface area contributed by atoms with Crippen molar-refractivity contribution in [3.05, 3.63) is 29.3 Å². The van der Waals surface area contributed by atoms with Crippen molar-refractivity contribution in [1.82, 2.24) is 25.0 Å². The molecule has 0 N–H and O–H groups in total. The van der Waals surface area contributed by atoms with Crippen molar-refractivity contribution in [1.29, 1.82) is 0 Å². The van der Waals surface area contributed by atoms with Crippen molar-refractivity contribution < 1.29 is 4.52 Å². The third kappa shape index (κ3) is 3.45. The Hall–Kier alpha value is -1.73. The van der Waals surface area contributed by atoms with E-state index in [2.05, 4.69) is 29.9 Å². The van der Waals surface area contributed by atoms with Crippen LogP contribution in [0.3, 0.4) is 0 Å². The van der Waals surface area contributed by atoms with Crippen LogP contribution in [0.5, 0.6) is 0 Å². The van der Waals surface area contributed by atoms with Crippen molar-refractivity contribution in [3.8, 4) is 0 Å². The van der Waals surface area contributed by atoms with E-state index in [1.807, 2.05) is 0 Å². The van der Waals surface area contributed by atoms with Gasteiger partial charge < -0.3 is 9.42 Å². The van der Waals surface area contributed by atoms with Crippen LogP contribution in [0.2, 0.25) is 5.02 Å². The van der Waals surface area contributed by atoms with Gasteiger partial charge in [0.25, 0.3) is 0 Å². The summed E-state index contributed by atoms with van der Waals surface area (Å²) in [6, 6.07) is 0. The molecule has 2 aromatic heterocycles. The lowest BCUT2D eigenvalue weighted by atomic mass is 10.3. The van der Waals surface area contributed by atoms with Crippen LogP contribution >= 0.6 is 11.6 Å². The first-order valence-corrected chi connectivity index (χ1v) is 8.42. The van der Waals surface area contributed by atoms with Gasteiger partial charge in [0.2, 0.25) is 5.89 Å². The van der Waals surface area contributed by atoms with Gasteiger partial charge in [-0.15, -0.1) is 0 Å². The van der Waals surface area contributed by atoms with E-state index in [1.165, 1.54) is 12.8 Å². The molecule has 0 bridgehead atoms. The molecule has 2 fully saturated rings. The minimum Gasteiger partial charge on any atom is -0.354 e. The van der Waals surface area contributed by atoms with Gasteiger partial charge in [-0.2, -0.15) is 4.98 Å².